The first-order valence-electron chi connectivity index (χ1n) is 7.50. The van der Waals surface area contributed by atoms with E-state index in [9.17, 15) is 0 Å². The first-order chi connectivity index (χ1) is 14.4. The molecule has 3 aromatic rings. The first kappa shape index (κ1) is 34.8. The van der Waals surface area contributed by atoms with Gasteiger partial charge in [-0.25, -0.2) is 0 Å². The molecule has 0 amide bonds. The Bertz CT molecular complexity index is 716. The smallest absolute Gasteiger partial charge is 0.0620 e. The molecule has 0 heterocycles. The summed E-state index contributed by atoms with van der Waals surface area (Å²) in [6.07, 6.45) is 0. The Morgan fingerprint density at radius 3 is 0.700 bits per heavy atom. The van der Waals surface area contributed by atoms with E-state index in [0.717, 1.165) is 0 Å². The molecule has 0 spiro atoms. The van der Waals surface area contributed by atoms with Gasteiger partial charge in [0.05, 0.1) is 7.92 Å². The van der Waals surface area contributed by atoms with Gasteiger partial charge >= 0.3 is 73.9 Å². The normalized spacial score (nSPS) is 7.03. The van der Waals surface area contributed by atoms with E-state index in [2.05, 4.69) is 124 Å². The first-order valence-corrected chi connectivity index (χ1v) is 9.00. The van der Waals surface area contributed by atoms with Crippen molar-refractivity contribution in [2.75, 3.05) is 0 Å². The van der Waals surface area contributed by atoms with E-state index >= 15 is 0 Å². The molecule has 1 radical (unpaired) electrons. The Labute approximate surface area is 188 Å². The molecule has 0 saturated carbocycles. The van der Waals surface area contributed by atoms with Crippen LogP contribution in [0, 0.1) is 33.3 Å². The summed E-state index contributed by atoms with van der Waals surface area (Å²) < 4.78 is 37.5. The fourth-order valence-electron chi connectivity index (χ4n) is 2.31. The molecule has 0 unspecified atom stereocenters. The van der Waals surface area contributed by atoms with Crippen molar-refractivity contribution in [1.29, 1.82) is 0 Å². The number of hydrogen-bond acceptors (Lipinski definition) is 0. The van der Waals surface area contributed by atoms with Gasteiger partial charge in [-0.15, -0.1) is 0 Å². The van der Waals surface area contributed by atoms with Gasteiger partial charge in [0.25, 0.3) is 0 Å². The van der Waals surface area contributed by atoms with Gasteiger partial charge in [0.15, 0.2) is 0 Å². The molecule has 0 N–H and O–H groups in total. The average Bonchev–Trinajstić information content (AvgIpc) is 2.88. The summed E-state index contributed by atoms with van der Waals surface area (Å²) >= 11 is 0. The van der Waals surface area contributed by atoms with Crippen molar-refractivity contribution in [3.63, 3.8) is 0 Å². The third-order valence-electron chi connectivity index (χ3n) is 3.19. The molecule has 0 aromatic heterocycles. The van der Waals surface area contributed by atoms with Crippen molar-refractivity contribution in [3.05, 3.63) is 124 Å². The van der Waals surface area contributed by atoms with Gasteiger partial charge in [0.2, 0.25) is 0 Å². The van der Waals surface area contributed by atoms with Crippen molar-refractivity contribution in [1.82, 2.24) is 0 Å². The minimum absolute atomic E-state index is 0. The number of benzene rings is 3. The van der Waals surface area contributed by atoms with Crippen LogP contribution in [0.15, 0.2) is 91.0 Å². The second-order valence-corrected chi connectivity index (χ2v) is 6.96. The molecule has 3 rings (SSSR count). The van der Waals surface area contributed by atoms with E-state index in [1.54, 1.807) is 0 Å². The van der Waals surface area contributed by atoms with Crippen molar-refractivity contribution < 1.29 is 40.6 Å². The van der Waals surface area contributed by atoms with Crippen LogP contribution in [-0.2, 0) is 40.6 Å². The van der Waals surface area contributed by atoms with E-state index in [-0.39, 0.29) is 17.4 Å². The largest absolute Gasteiger partial charge is 5.00 e. The second kappa shape index (κ2) is 28.5. The maximum atomic E-state index is 7.50. The van der Waals surface area contributed by atoms with Gasteiger partial charge in [-0.3, -0.25) is 0 Å². The molecular weight excluding hydrogens is 439 g/mol. The van der Waals surface area contributed by atoms with Crippen molar-refractivity contribution in [2.24, 2.45) is 0 Å². The van der Waals surface area contributed by atoms with Crippen molar-refractivity contribution >= 4 is 23.8 Å². The number of hydrogen-bond donors (Lipinski definition) is 0. The van der Waals surface area contributed by atoms with E-state index in [4.69, 9.17) is 23.3 Å². The summed E-state index contributed by atoms with van der Waals surface area (Å²) in [7, 11) is -0.877. The molecule has 0 bridgehead atoms. The number of rotatable bonds is 3. The van der Waals surface area contributed by atoms with Gasteiger partial charge in [-0.1, -0.05) is 54.6 Å². The maximum Gasteiger partial charge on any atom is 5.00 e. The fraction of sp³-hybridized carbons (Fsp3) is 0. The van der Waals surface area contributed by atoms with Crippen LogP contribution >= 0.6 is 7.92 Å². The summed E-state index contributed by atoms with van der Waals surface area (Å²) in [6.45, 7) is 22.5. The Hall–Kier alpha value is -2.68. The predicted molar refractivity (Wildman–Crippen MR) is 106 cm³/mol. The zero-order valence-electron chi connectivity index (χ0n) is 15.6. The molecule has 3 aromatic carbocycles. The molecule has 0 aliphatic rings. The summed E-state index contributed by atoms with van der Waals surface area (Å²) in [4.78, 5) is 0. The third kappa shape index (κ3) is 13.5. The van der Waals surface area contributed by atoms with Crippen LogP contribution in [0.1, 0.15) is 0 Å². The molecule has 7 heteroatoms. The van der Waals surface area contributed by atoms with Crippen LogP contribution in [-0.4, -0.2) is 0 Å². The molecular formula is C23H16CrO5P+6. The van der Waals surface area contributed by atoms with E-state index in [0.29, 0.717) is 0 Å². The van der Waals surface area contributed by atoms with Crippen molar-refractivity contribution in [3.8, 4) is 0 Å². The third-order valence-corrected chi connectivity index (χ3v) is 5.92. The zero-order valence-corrected chi connectivity index (χ0v) is 17.9. The van der Waals surface area contributed by atoms with Gasteiger partial charge in [0, 0.05) is 0 Å². The van der Waals surface area contributed by atoms with Gasteiger partial charge in [-0.05, 0) is 36.4 Å². The summed E-state index contributed by atoms with van der Waals surface area (Å²) in [5.41, 5.74) is 0. The monoisotopic (exact) mass is 455 g/mol. The van der Waals surface area contributed by atoms with Crippen LogP contribution < -0.4 is 15.9 Å². The molecule has 0 atom stereocenters. The molecule has 0 fully saturated rings. The van der Waals surface area contributed by atoms with Gasteiger partial charge in [-0.2, -0.15) is 0 Å². The molecule has 0 aliphatic heterocycles. The minimum atomic E-state index is -0.877. The molecule has 143 valence electrons. The topological polar surface area (TPSA) is 99.5 Å². The van der Waals surface area contributed by atoms with Crippen molar-refractivity contribution in [2.45, 2.75) is 0 Å². The quantitative estimate of drug-likeness (QED) is 0.330. The fourth-order valence-corrected chi connectivity index (χ4v) is 4.89. The molecule has 0 saturated heterocycles. The summed E-state index contributed by atoms with van der Waals surface area (Å²) in [5.74, 6) is 0. The van der Waals surface area contributed by atoms with Crippen LogP contribution in [0.25, 0.3) is 0 Å². The van der Waals surface area contributed by atoms with E-state index in [1.165, 1.54) is 15.9 Å². The van der Waals surface area contributed by atoms with Crippen LogP contribution in [0.3, 0.4) is 0 Å². The average molecular weight is 455 g/mol. The Morgan fingerprint density at radius 1 is 0.367 bits per heavy atom. The Kier molecular flexibility index (Phi) is 33.1. The van der Waals surface area contributed by atoms with Crippen LogP contribution in [0.5, 0.6) is 0 Å². The minimum Gasteiger partial charge on any atom is -0.0620 e. The Morgan fingerprint density at radius 2 is 0.533 bits per heavy atom. The molecule has 30 heavy (non-hydrogen) atoms. The zero-order chi connectivity index (χ0) is 22.9. The van der Waals surface area contributed by atoms with Gasteiger partial charge in [0.1, 0.15) is 15.9 Å². The maximum absolute atomic E-state index is 7.50. The van der Waals surface area contributed by atoms with Gasteiger partial charge < -0.3 is 0 Å². The summed E-state index contributed by atoms with van der Waals surface area (Å²) in [6, 6.07) is 32.5. The molecule has 0 aliphatic carbocycles. The second-order valence-electron chi connectivity index (χ2n) is 4.47. The molecule has 5 nitrogen and oxygen atoms in total. The Balaban J connectivity index is -0.000000271. The predicted octanol–water partition coefficient (Wildman–Crippen LogP) is 2.99. The van der Waals surface area contributed by atoms with Crippen LogP contribution in [0.2, 0.25) is 0 Å². The summed E-state index contributed by atoms with van der Waals surface area (Å²) in [5, 5.41) is 4.31. The van der Waals surface area contributed by atoms with E-state index in [1.807, 2.05) is 0 Å². The van der Waals surface area contributed by atoms with Crippen LogP contribution in [0.4, 0.5) is 0 Å². The SMILES string of the molecule is [C-]#[O+].[C-]#[O+].[C-]#[O+].[C-]#[O+].[C-]#[O+].[Cr+5].c1ccc([PH+](c2ccccc2)c2ccccc2)cc1. The van der Waals surface area contributed by atoms with E-state index < -0.39 is 7.92 Å². The standard InChI is InChI=1S/C18H15P.5CO.Cr/c1-4-10-16(11-5-1)19(17-12-6-2-7-13-17)18-14-8-3-9-15-18;5*1-2;/h1-15H;;;;;;/q;;;;;;+5/p+1.